The molecule has 0 atom stereocenters. The van der Waals surface area contributed by atoms with Crippen molar-refractivity contribution in [3.8, 4) is 0 Å². The van der Waals surface area contributed by atoms with Crippen LogP contribution in [0.4, 0.5) is 0 Å². The van der Waals surface area contributed by atoms with E-state index in [0.29, 0.717) is 11.5 Å². The number of hydrogen-bond acceptors (Lipinski definition) is 1. The van der Waals surface area contributed by atoms with Crippen molar-refractivity contribution in [2.75, 3.05) is 0 Å². The molecular formula is C8H8ClN. The van der Waals surface area contributed by atoms with Crippen molar-refractivity contribution in [3.05, 3.63) is 41.7 Å². The number of allylic oxidation sites excluding steroid dienone is 1. The third-order valence-electron chi connectivity index (χ3n) is 1.12. The third-order valence-corrected chi connectivity index (χ3v) is 1.25. The monoisotopic (exact) mass is 153 g/mol. The standard InChI is InChI=1S/C8H8ClN/c1-7(9)5-8-3-2-4-10-6-8/h2-4,6H,1,5H2. The van der Waals surface area contributed by atoms with Crippen LogP contribution in [0.1, 0.15) is 5.56 Å². The van der Waals surface area contributed by atoms with Crippen LogP contribution in [0.15, 0.2) is 36.1 Å². The number of hydrogen-bond donors (Lipinski definition) is 0. The van der Waals surface area contributed by atoms with E-state index in [1.165, 1.54) is 0 Å². The van der Waals surface area contributed by atoms with Crippen LogP contribution in [0.25, 0.3) is 0 Å². The molecular weight excluding hydrogens is 146 g/mol. The Labute approximate surface area is 65.4 Å². The fraction of sp³-hybridized carbons (Fsp3) is 0.125. The summed E-state index contributed by atoms with van der Waals surface area (Å²) in [5, 5.41) is 0.646. The highest BCUT2D eigenvalue weighted by molar-refractivity contribution is 6.29. The zero-order chi connectivity index (χ0) is 7.40. The molecule has 0 amide bonds. The molecule has 0 radical (unpaired) electrons. The molecule has 0 saturated heterocycles. The van der Waals surface area contributed by atoms with Crippen molar-refractivity contribution in [1.82, 2.24) is 4.98 Å². The Bertz CT molecular complexity index is 218. The predicted molar refractivity (Wildman–Crippen MR) is 42.9 cm³/mol. The number of aromatic nitrogens is 1. The highest BCUT2D eigenvalue weighted by Gasteiger charge is 1.91. The second-order valence-electron chi connectivity index (χ2n) is 2.06. The molecule has 0 bridgehead atoms. The lowest BCUT2D eigenvalue weighted by Gasteiger charge is -1.94. The summed E-state index contributed by atoms with van der Waals surface area (Å²) >= 11 is 5.59. The topological polar surface area (TPSA) is 12.9 Å². The Morgan fingerprint density at radius 1 is 1.70 bits per heavy atom. The van der Waals surface area contributed by atoms with Gasteiger partial charge < -0.3 is 0 Å². The lowest BCUT2D eigenvalue weighted by atomic mass is 10.2. The summed E-state index contributed by atoms with van der Waals surface area (Å²) in [5.74, 6) is 0. The van der Waals surface area contributed by atoms with Gasteiger partial charge in [0, 0.05) is 23.8 Å². The van der Waals surface area contributed by atoms with E-state index in [-0.39, 0.29) is 0 Å². The molecule has 1 aromatic heterocycles. The summed E-state index contributed by atoms with van der Waals surface area (Å²) in [6.45, 7) is 3.59. The predicted octanol–water partition coefficient (Wildman–Crippen LogP) is 2.38. The summed E-state index contributed by atoms with van der Waals surface area (Å²) in [7, 11) is 0. The summed E-state index contributed by atoms with van der Waals surface area (Å²) < 4.78 is 0. The SMILES string of the molecule is C=C(Cl)Cc1cccnc1. The van der Waals surface area contributed by atoms with Gasteiger partial charge in [0.05, 0.1) is 0 Å². The average Bonchev–Trinajstić information content (AvgIpc) is 1.88. The van der Waals surface area contributed by atoms with Crippen LogP contribution in [-0.2, 0) is 6.42 Å². The van der Waals surface area contributed by atoms with Crippen molar-refractivity contribution < 1.29 is 0 Å². The summed E-state index contributed by atoms with van der Waals surface area (Å²) in [5.41, 5.74) is 1.10. The van der Waals surface area contributed by atoms with Crippen LogP contribution in [0.5, 0.6) is 0 Å². The van der Waals surface area contributed by atoms with Gasteiger partial charge in [-0.25, -0.2) is 0 Å². The first-order valence-corrected chi connectivity index (χ1v) is 3.39. The minimum atomic E-state index is 0.646. The van der Waals surface area contributed by atoms with Gasteiger partial charge >= 0.3 is 0 Å². The van der Waals surface area contributed by atoms with Gasteiger partial charge in [0.2, 0.25) is 0 Å². The van der Waals surface area contributed by atoms with Crippen molar-refractivity contribution >= 4 is 11.6 Å². The molecule has 0 N–H and O–H groups in total. The Balaban J connectivity index is 2.67. The first-order valence-electron chi connectivity index (χ1n) is 3.01. The van der Waals surface area contributed by atoms with E-state index >= 15 is 0 Å². The molecule has 0 spiro atoms. The number of nitrogens with zero attached hydrogens (tertiary/aromatic N) is 1. The van der Waals surface area contributed by atoms with Gasteiger partial charge in [0.25, 0.3) is 0 Å². The van der Waals surface area contributed by atoms with Gasteiger partial charge in [-0.2, -0.15) is 0 Å². The lowest BCUT2D eigenvalue weighted by molar-refractivity contribution is 1.18. The number of halogens is 1. The second-order valence-corrected chi connectivity index (χ2v) is 2.59. The minimum absolute atomic E-state index is 0.646. The normalized spacial score (nSPS) is 9.30. The van der Waals surface area contributed by atoms with Crippen LogP contribution in [0.3, 0.4) is 0 Å². The molecule has 0 aliphatic carbocycles. The Hall–Kier alpha value is -0.820. The molecule has 1 nitrogen and oxygen atoms in total. The first kappa shape index (κ1) is 7.29. The van der Waals surface area contributed by atoms with E-state index in [9.17, 15) is 0 Å². The van der Waals surface area contributed by atoms with Gasteiger partial charge in [-0.15, -0.1) is 0 Å². The van der Waals surface area contributed by atoms with E-state index in [0.717, 1.165) is 5.56 Å². The molecule has 10 heavy (non-hydrogen) atoms. The van der Waals surface area contributed by atoms with Crippen LogP contribution >= 0.6 is 11.6 Å². The molecule has 0 aliphatic rings. The largest absolute Gasteiger partial charge is 0.264 e. The average molecular weight is 154 g/mol. The van der Waals surface area contributed by atoms with Crippen LogP contribution in [-0.4, -0.2) is 4.98 Å². The first-order chi connectivity index (χ1) is 4.79. The maximum absolute atomic E-state index is 5.59. The molecule has 2 heteroatoms. The molecule has 1 rings (SSSR count). The molecule has 1 aromatic rings. The van der Waals surface area contributed by atoms with Gasteiger partial charge in [0.15, 0.2) is 0 Å². The van der Waals surface area contributed by atoms with Crippen molar-refractivity contribution in [2.24, 2.45) is 0 Å². The van der Waals surface area contributed by atoms with Crippen LogP contribution in [0, 0.1) is 0 Å². The molecule has 0 aliphatic heterocycles. The van der Waals surface area contributed by atoms with Crippen LogP contribution in [0.2, 0.25) is 0 Å². The molecule has 0 fully saturated rings. The summed E-state index contributed by atoms with van der Waals surface area (Å²) in [6, 6.07) is 3.86. The van der Waals surface area contributed by atoms with E-state index in [2.05, 4.69) is 11.6 Å². The Morgan fingerprint density at radius 2 is 2.50 bits per heavy atom. The highest BCUT2D eigenvalue weighted by atomic mass is 35.5. The zero-order valence-corrected chi connectivity index (χ0v) is 6.30. The summed E-state index contributed by atoms with van der Waals surface area (Å²) in [6.07, 6.45) is 4.23. The van der Waals surface area contributed by atoms with E-state index in [4.69, 9.17) is 11.6 Å². The maximum Gasteiger partial charge on any atom is 0.0303 e. The fourth-order valence-corrected chi connectivity index (χ4v) is 0.878. The van der Waals surface area contributed by atoms with E-state index in [1.807, 2.05) is 12.1 Å². The smallest absolute Gasteiger partial charge is 0.0303 e. The van der Waals surface area contributed by atoms with E-state index < -0.39 is 0 Å². The van der Waals surface area contributed by atoms with Gasteiger partial charge in [0.1, 0.15) is 0 Å². The zero-order valence-electron chi connectivity index (χ0n) is 5.55. The van der Waals surface area contributed by atoms with E-state index in [1.54, 1.807) is 12.4 Å². The fourth-order valence-electron chi connectivity index (χ4n) is 0.724. The number of rotatable bonds is 2. The lowest BCUT2D eigenvalue weighted by Crippen LogP contribution is -1.83. The molecule has 0 saturated carbocycles. The quantitative estimate of drug-likeness (QED) is 0.636. The minimum Gasteiger partial charge on any atom is -0.264 e. The maximum atomic E-state index is 5.59. The van der Waals surface area contributed by atoms with Crippen LogP contribution < -0.4 is 0 Å². The van der Waals surface area contributed by atoms with Gasteiger partial charge in [-0.1, -0.05) is 24.2 Å². The molecule has 52 valence electrons. The third kappa shape index (κ3) is 2.19. The second kappa shape index (κ2) is 3.37. The van der Waals surface area contributed by atoms with Crippen molar-refractivity contribution in [2.45, 2.75) is 6.42 Å². The van der Waals surface area contributed by atoms with Crippen molar-refractivity contribution in [1.29, 1.82) is 0 Å². The van der Waals surface area contributed by atoms with Crippen molar-refractivity contribution in [3.63, 3.8) is 0 Å². The Morgan fingerprint density at radius 3 is 3.00 bits per heavy atom. The Kier molecular flexibility index (Phi) is 2.46. The highest BCUT2D eigenvalue weighted by Crippen LogP contribution is 2.06. The van der Waals surface area contributed by atoms with Gasteiger partial charge in [-0.05, 0) is 11.6 Å². The molecule has 0 aromatic carbocycles. The van der Waals surface area contributed by atoms with Gasteiger partial charge in [-0.3, -0.25) is 4.98 Å². The number of pyridine rings is 1. The molecule has 1 heterocycles. The summed E-state index contributed by atoms with van der Waals surface area (Å²) in [4.78, 5) is 3.94. The molecule has 0 unspecified atom stereocenters.